The molecule has 0 aliphatic rings. The van der Waals surface area contributed by atoms with Crippen LogP contribution in [-0.2, 0) is 6.42 Å². The molecule has 4 nitrogen and oxygen atoms in total. The van der Waals surface area contributed by atoms with Gasteiger partial charge in [0.25, 0.3) is 5.89 Å². The SMILES string of the molecule is COc1ccccc1Cc1noc(-c2ccc(F)cc2)n1. The number of rotatable bonds is 4. The first-order valence-corrected chi connectivity index (χ1v) is 6.46. The van der Waals surface area contributed by atoms with E-state index in [4.69, 9.17) is 9.26 Å². The number of hydrogen-bond acceptors (Lipinski definition) is 4. The summed E-state index contributed by atoms with van der Waals surface area (Å²) in [5.41, 5.74) is 1.67. The van der Waals surface area contributed by atoms with Gasteiger partial charge in [0.15, 0.2) is 5.82 Å². The molecule has 0 radical (unpaired) electrons. The lowest BCUT2D eigenvalue weighted by Gasteiger charge is -2.05. The van der Waals surface area contributed by atoms with E-state index in [9.17, 15) is 4.39 Å². The van der Waals surface area contributed by atoms with Crippen LogP contribution < -0.4 is 4.74 Å². The van der Waals surface area contributed by atoms with Crippen molar-refractivity contribution < 1.29 is 13.7 Å². The van der Waals surface area contributed by atoms with Crippen molar-refractivity contribution in [2.75, 3.05) is 7.11 Å². The Bertz CT molecular complexity index is 738. The molecule has 1 heterocycles. The second-order valence-electron chi connectivity index (χ2n) is 4.51. The van der Waals surface area contributed by atoms with Gasteiger partial charge in [0.2, 0.25) is 0 Å². The Balaban J connectivity index is 1.83. The fourth-order valence-corrected chi connectivity index (χ4v) is 2.05. The van der Waals surface area contributed by atoms with Crippen LogP contribution in [0.25, 0.3) is 11.5 Å². The first kappa shape index (κ1) is 13.3. The Labute approximate surface area is 121 Å². The number of ether oxygens (including phenoxy) is 1. The Morgan fingerprint density at radius 2 is 1.86 bits per heavy atom. The molecule has 0 N–H and O–H groups in total. The molecule has 0 atom stereocenters. The van der Waals surface area contributed by atoms with E-state index >= 15 is 0 Å². The van der Waals surface area contributed by atoms with Gasteiger partial charge in [-0.05, 0) is 30.3 Å². The van der Waals surface area contributed by atoms with Gasteiger partial charge < -0.3 is 9.26 Å². The molecule has 0 aliphatic heterocycles. The van der Waals surface area contributed by atoms with Crippen molar-refractivity contribution in [2.45, 2.75) is 6.42 Å². The third-order valence-electron chi connectivity index (χ3n) is 3.10. The minimum atomic E-state index is -0.299. The van der Waals surface area contributed by atoms with E-state index in [2.05, 4.69) is 10.1 Å². The van der Waals surface area contributed by atoms with Gasteiger partial charge >= 0.3 is 0 Å². The van der Waals surface area contributed by atoms with Crippen LogP contribution >= 0.6 is 0 Å². The third-order valence-corrected chi connectivity index (χ3v) is 3.10. The number of para-hydroxylation sites is 1. The smallest absolute Gasteiger partial charge is 0.257 e. The number of nitrogens with zero attached hydrogens (tertiary/aromatic N) is 2. The van der Waals surface area contributed by atoms with Gasteiger partial charge in [0, 0.05) is 17.5 Å². The third kappa shape index (κ3) is 2.91. The normalized spacial score (nSPS) is 10.6. The van der Waals surface area contributed by atoms with Crippen molar-refractivity contribution in [2.24, 2.45) is 0 Å². The van der Waals surface area contributed by atoms with E-state index < -0.39 is 0 Å². The molecule has 3 aromatic rings. The minimum absolute atomic E-state index is 0.299. The van der Waals surface area contributed by atoms with Gasteiger partial charge in [-0.25, -0.2) is 4.39 Å². The molecule has 0 fully saturated rings. The minimum Gasteiger partial charge on any atom is -0.496 e. The second kappa shape index (κ2) is 5.75. The molecule has 0 unspecified atom stereocenters. The van der Waals surface area contributed by atoms with Crippen LogP contribution in [0.3, 0.4) is 0 Å². The molecule has 106 valence electrons. The number of benzene rings is 2. The van der Waals surface area contributed by atoms with Crippen molar-refractivity contribution in [3.05, 3.63) is 65.7 Å². The lowest BCUT2D eigenvalue weighted by atomic mass is 10.1. The summed E-state index contributed by atoms with van der Waals surface area (Å²) in [6.07, 6.45) is 0.509. The predicted octanol–water partition coefficient (Wildman–Crippen LogP) is 3.48. The Morgan fingerprint density at radius 1 is 1.10 bits per heavy atom. The standard InChI is InChI=1S/C16H13FN2O2/c1-20-14-5-3-2-4-12(14)10-15-18-16(21-19-15)11-6-8-13(17)9-7-11/h2-9H,10H2,1H3. The summed E-state index contributed by atoms with van der Waals surface area (Å²) < 4.78 is 23.4. The van der Waals surface area contributed by atoms with Crippen LogP contribution in [0.1, 0.15) is 11.4 Å². The maximum atomic E-state index is 12.9. The highest BCUT2D eigenvalue weighted by molar-refractivity contribution is 5.52. The molecular formula is C16H13FN2O2. The molecule has 0 saturated heterocycles. The van der Waals surface area contributed by atoms with Crippen molar-refractivity contribution in [1.29, 1.82) is 0 Å². The topological polar surface area (TPSA) is 48.2 Å². The summed E-state index contributed by atoms with van der Waals surface area (Å²) in [6, 6.07) is 13.6. The van der Waals surface area contributed by atoms with Gasteiger partial charge in [-0.15, -0.1) is 0 Å². The average Bonchev–Trinajstić information content (AvgIpc) is 2.97. The van der Waals surface area contributed by atoms with Crippen LogP contribution in [-0.4, -0.2) is 17.3 Å². The quantitative estimate of drug-likeness (QED) is 0.736. The lowest BCUT2D eigenvalue weighted by molar-refractivity contribution is 0.408. The largest absolute Gasteiger partial charge is 0.496 e. The van der Waals surface area contributed by atoms with E-state index in [1.165, 1.54) is 12.1 Å². The first-order chi connectivity index (χ1) is 10.3. The number of halogens is 1. The summed E-state index contributed by atoms with van der Waals surface area (Å²) in [6.45, 7) is 0. The fourth-order valence-electron chi connectivity index (χ4n) is 2.05. The summed E-state index contributed by atoms with van der Waals surface area (Å²) in [5, 5.41) is 3.95. The van der Waals surface area contributed by atoms with Crippen molar-refractivity contribution in [3.63, 3.8) is 0 Å². The number of methoxy groups -OCH3 is 1. The zero-order chi connectivity index (χ0) is 14.7. The van der Waals surface area contributed by atoms with Crippen molar-refractivity contribution in [1.82, 2.24) is 10.1 Å². The van der Waals surface area contributed by atoms with E-state index in [0.717, 1.165) is 11.3 Å². The summed E-state index contributed by atoms with van der Waals surface area (Å²) in [5.74, 6) is 1.41. The highest BCUT2D eigenvalue weighted by Crippen LogP contribution is 2.22. The van der Waals surface area contributed by atoms with Crippen molar-refractivity contribution >= 4 is 0 Å². The van der Waals surface area contributed by atoms with Gasteiger partial charge in [-0.3, -0.25) is 0 Å². The molecule has 0 spiro atoms. The summed E-state index contributed by atoms with van der Waals surface area (Å²) in [7, 11) is 1.62. The summed E-state index contributed by atoms with van der Waals surface area (Å²) >= 11 is 0. The molecule has 5 heteroatoms. The van der Waals surface area contributed by atoms with Crippen LogP contribution in [0.5, 0.6) is 5.75 Å². The van der Waals surface area contributed by atoms with Gasteiger partial charge in [0.1, 0.15) is 11.6 Å². The second-order valence-corrected chi connectivity index (χ2v) is 4.51. The molecule has 1 aromatic heterocycles. The van der Waals surface area contributed by atoms with E-state index in [-0.39, 0.29) is 5.82 Å². The van der Waals surface area contributed by atoms with Crippen molar-refractivity contribution in [3.8, 4) is 17.2 Å². The molecule has 0 amide bonds. The molecule has 0 bridgehead atoms. The maximum absolute atomic E-state index is 12.9. The highest BCUT2D eigenvalue weighted by atomic mass is 19.1. The zero-order valence-corrected chi connectivity index (χ0v) is 11.4. The monoisotopic (exact) mass is 284 g/mol. The number of hydrogen-bond donors (Lipinski definition) is 0. The molecule has 21 heavy (non-hydrogen) atoms. The molecular weight excluding hydrogens is 271 g/mol. The molecule has 0 saturated carbocycles. The Morgan fingerprint density at radius 3 is 2.62 bits per heavy atom. The van der Waals surface area contributed by atoms with E-state index in [1.807, 2.05) is 24.3 Å². The van der Waals surface area contributed by atoms with Crippen LogP contribution in [0.15, 0.2) is 53.1 Å². The summed E-state index contributed by atoms with van der Waals surface area (Å²) in [4.78, 5) is 4.33. The maximum Gasteiger partial charge on any atom is 0.257 e. The fraction of sp³-hybridized carbons (Fsp3) is 0.125. The van der Waals surface area contributed by atoms with Crippen LogP contribution in [0.4, 0.5) is 4.39 Å². The first-order valence-electron chi connectivity index (χ1n) is 6.46. The van der Waals surface area contributed by atoms with Gasteiger partial charge in [-0.1, -0.05) is 23.4 Å². The predicted molar refractivity (Wildman–Crippen MR) is 75.5 cm³/mol. The Kier molecular flexibility index (Phi) is 3.64. The van der Waals surface area contributed by atoms with Gasteiger partial charge in [-0.2, -0.15) is 4.98 Å². The molecule has 0 aliphatic carbocycles. The lowest BCUT2D eigenvalue weighted by Crippen LogP contribution is -1.95. The molecule has 3 rings (SSSR count). The average molecular weight is 284 g/mol. The highest BCUT2D eigenvalue weighted by Gasteiger charge is 2.11. The number of aromatic nitrogens is 2. The van der Waals surface area contributed by atoms with Gasteiger partial charge in [0.05, 0.1) is 7.11 Å². The van der Waals surface area contributed by atoms with Crippen LogP contribution in [0.2, 0.25) is 0 Å². The van der Waals surface area contributed by atoms with E-state index in [1.54, 1.807) is 19.2 Å². The van der Waals surface area contributed by atoms with Crippen LogP contribution in [0, 0.1) is 5.82 Å². The Hall–Kier alpha value is -2.69. The molecule has 2 aromatic carbocycles. The zero-order valence-electron chi connectivity index (χ0n) is 11.4. The van der Waals surface area contributed by atoms with E-state index in [0.29, 0.717) is 23.7 Å².